The van der Waals surface area contributed by atoms with Gasteiger partial charge in [-0.05, 0) is 44.6 Å². The van der Waals surface area contributed by atoms with Crippen LogP contribution in [0.3, 0.4) is 0 Å². The number of rotatable bonds is 6. The molecule has 0 unspecified atom stereocenters. The van der Waals surface area contributed by atoms with Crippen LogP contribution in [0.2, 0.25) is 0 Å². The van der Waals surface area contributed by atoms with Crippen LogP contribution in [0.5, 0.6) is 5.75 Å². The third kappa shape index (κ3) is 5.25. The summed E-state index contributed by atoms with van der Waals surface area (Å²) in [5.41, 5.74) is -0.00545. The van der Waals surface area contributed by atoms with E-state index in [9.17, 15) is 22.8 Å². The van der Waals surface area contributed by atoms with E-state index in [0.717, 1.165) is 19.2 Å². The number of amides is 1. The molecule has 0 saturated carbocycles. The number of anilines is 1. The van der Waals surface area contributed by atoms with E-state index in [1.165, 1.54) is 4.90 Å². The molecule has 2 rings (SSSR count). The van der Waals surface area contributed by atoms with Crippen molar-refractivity contribution in [3.8, 4) is 5.75 Å². The summed E-state index contributed by atoms with van der Waals surface area (Å²) in [6, 6.07) is 2.19. The minimum atomic E-state index is -4.89. The van der Waals surface area contributed by atoms with E-state index in [-0.39, 0.29) is 36.7 Å². The number of hydrogen-bond donors (Lipinski definition) is 2. The van der Waals surface area contributed by atoms with E-state index in [0.29, 0.717) is 8.04 Å². The lowest BCUT2D eigenvalue weighted by atomic mass is 10.2. The molecule has 0 bridgehead atoms. The highest BCUT2D eigenvalue weighted by Crippen LogP contribution is 2.36. The summed E-state index contributed by atoms with van der Waals surface area (Å²) in [5.74, 6) is -1.85. The summed E-state index contributed by atoms with van der Waals surface area (Å²) in [4.78, 5) is 25.7. The van der Waals surface area contributed by atoms with Crippen LogP contribution < -0.4 is 10.1 Å². The molecule has 0 atom stereocenters. The fraction of sp³-hybridized carbons (Fsp3) is 0.333. The number of β-amino-alcohol motifs (C(OH)–C–C–N with tert-alkyl or cyclic N) is 1. The summed E-state index contributed by atoms with van der Waals surface area (Å²) in [7, 11) is 1.14. The Morgan fingerprint density at radius 3 is 2.67 bits per heavy atom. The zero-order valence-electron chi connectivity index (χ0n) is 13.7. The topological polar surface area (TPSA) is 88.1 Å². The van der Waals surface area contributed by atoms with Gasteiger partial charge in [-0.25, -0.2) is 4.79 Å². The number of carbonyl (C=O) groups excluding carboxylic acids is 2. The van der Waals surface area contributed by atoms with Crippen LogP contribution in [-0.2, 0) is 14.3 Å². The fourth-order valence-corrected chi connectivity index (χ4v) is 3.22. The number of nitrogens with one attached hydrogen (secondary N) is 1. The zero-order chi connectivity index (χ0) is 20.4. The molecule has 7 nitrogen and oxygen atoms in total. The third-order valence-electron chi connectivity index (χ3n) is 3.45. The van der Waals surface area contributed by atoms with Gasteiger partial charge in [-0.3, -0.25) is 4.79 Å². The number of ether oxygens (including phenoxy) is 2. The van der Waals surface area contributed by atoms with Gasteiger partial charge in [0.05, 0.1) is 35.1 Å². The molecule has 12 heteroatoms. The lowest BCUT2D eigenvalue weighted by molar-refractivity contribution is -0.274. The SMILES string of the molecule is COC(=O)C1=C(Nc2cc(OC(F)(F)F)cc(Br)c2I)C(=O)N(CCO)C1. The van der Waals surface area contributed by atoms with Crippen LogP contribution in [0, 0.1) is 3.57 Å². The molecule has 1 aromatic rings. The Bertz CT molecular complexity index is 800. The Morgan fingerprint density at radius 2 is 2.11 bits per heavy atom. The summed E-state index contributed by atoms with van der Waals surface area (Å²) >= 11 is 4.99. The molecule has 0 aromatic heterocycles. The first-order valence-corrected chi connectivity index (χ1v) is 9.18. The third-order valence-corrected chi connectivity index (χ3v) is 5.98. The number of methoxy groups -OCH3 is 1. The number of aliphatic hydroxyl groups excluding tert-OH is 1. The van der Waals surface area contributed by atoms with E-state index >= 15 is 0 Å². The second kappa shape index (κ2) is 8.65. The number of benzene rings is 1. The van der Waals surface area contributed by atoms with Gasteiger partial charge in [-0.15, -0.1) is 13.2 Å². The van der Waals surface area contributed by atoms with Crippen LogP contribution >= 0.6 is 38.5 Å². The lowest BCUT2D eigenvalue weighted by Gasteiger charge is -2.16. The van der Waals surface area contributed by atoms with Gasteiger partial charge in [-0.2, -0.15) is 0 Å². The molecule has 0 aliphatic carbocycles. The standard InChI is InChI=1S/C15H13BrF3IN2O5/c1-26-14(25)8-6-22(2-3-23)13(24)12(8)21-10-5-7(27-15(17,18)19)4-9(16)11(10)20/h4-5,21,23H,2-3,6H2,1H3. The number of nitrogens with zero attached hydrogens (tertiary/aromatic N) is 1. The summed E-state index contributed by atoms with van der Waals surface area (Å²) < 4.78 is 46.9. The van der Waals surface area contributed by atoms with Crippen molar-refractivity contribution in [2.24, 2.45) is 0 Å². The van der Waals surface area contributed by atoms with Gasteiger partial charge in [0.1, 0.15) is 11.4 Å². The van der Waals surface area contributed by atoms with Crippen molar-refractivity contribution in [3.05, 3.63) is 31.4 Å². The molecule has 0 radical (unpaired) electrons. The number of esters is 1. The van der Waals surface area contributed by atoms with E-state index in [1.807, 2.05) is 22.6 Å². The predicted molar refractivity (Wildman–Crippen MR) is 99.9 cm³/mol. The molecule has 0 saturated heterocycles. The average Bonchev–Trinajstić information content (AvgIpc) is 2.87. The van der Waals surface area contributed by atoms with Crippen molar-refractivity contribution in [1.29, 1.82) is 0 Å². The van der Waals surface area contributed by atoms with Gasteiger partial charge in [0.25, 0.3) is 5.91 Å². The van der Waals surface area contributed by atoms with E-state index < -0.39 is 24.0 Å². The second-order valence-corrected chi connectivity index (χ2v) is 7.17. The maximum Gasteiger partial charge on any atom is 0.573 e. The maximum atomic E-state index is 12.5. The van der Waals surface area contributed by atoms with Crippen LogP contribution in [0.15, 0.2) is 27.9 Å². The Kier molecular flexibility index (Phi) is 6.97. The Labute approximate surface area is 173 Å². The van der Waals surface area contributed by atoms with E-state index in [4.69, 9.17) is 5.11 Å². The zero-order valence-corrected chi connectivity index (χ0v) is 17.4. The smallest absolute Gasteiger partial charge is 0.466 e. The van der Waals surface area contributed by atoms with Crippen LogP contribution in [0.4, 0.5) is 18.9 Å². The quantitative estimate of drug-likeness (QED) is 0.408. The highest BCUT2D eigenvalue weighted by molar-refractivity contribution is 14.1. The minimum absolute atomic E-state index is 0.00464. The lowest BCUT2D eigenvalue weighted by Crippen LogP contribution is -2.31. The van der Waals surface area contributed by atoms with Crippen molar-refractivity contribution in [3.63, 3.8) is 0 Å². The van der Waals surface area contributed by atoms with Gasteiger partial charge in [0.2, 0.25) is 0 Å². The number of alkyl halides is 3. The minimum Gasteiger partial charge on any atom is -0.466 e. The molecule has 2 N–H and O–H groups in total. The monoisotopic (exact) mass is 564 g/mol. The first-order chi connectivity index (χ1) is 12.6. The molecular formula is C15H13BrF3IN2O5. The van der Waals surface area contributed by atoms with Crippen molar-refractivity contribution in [2.45, 2.75) is 6.36 Å². The highest BCUT2D eigenvalue weighted by Gasteiger charge is 2.35. The molecule has 1 aliphatic rings. The van der Waals surface area contributed by atoms with Crippen molar-refractivity contribution in [1.82, 2.24) is 4.90 Å². The molecule has 0 fully saturated rings. The summed E-state index contributed by atoms with van der Waals surface area (Å²) in [5, 5.41) is 11.7. The van der Waals surface area contributed by atoms with Gasteiger partial charge in [-0.1, -0.05) is 0 Å². The number of carbonyl (C=O) groups is 2. The molecule has 0 spiro atoms. The van der Waals surface area contributed by atoms with E-state index in [2.05, 4.69) is 30.7 Å². The maximum absolute atomic E-state index is 12.5. The van der Waals surface area contributed by atoms with Gasteiger partial charge in [0.15, 0.2) is 0 Å². The molecular weight excluding hydrogens is 552 g/mol. The molecule has 27 heavy (non-hydrogen) atoms. The second-order valence-electron chi connectivity index (χ2n) is 5.23. The van der Waals surface area contributed by atoms with Crippen LogP contribution in [0.25, 0.3) is 0 Å². The summed E-state index contributed by atoms with van der Waals surface area (Å²) in [6.45, 7) is -0.418. The predicted octanol–water partition coefficient (Wildman–Crippen LogP) is 2.63. The normalized spacial score (nSPS) is 14.6. The Morgan fingerprint density at radius 1 is 1.44 bits per heavy atom. The van der Waals surface area contributed by atoms with Crippen LogP contribution in [-0.4, -0.2) is 55.1 Å². The van der Waals surface area contributed by atoms with Gasteiger partial charge < -0.3 is 24.8 Å². The molecule has 1 aromatic carbocycles. The highest BCUT2D eigenvalue weighted by atomic mass is 127. The molecule has 1 amide bonds. The number of hydrogen-bond acceptors (Lipinski definition) is 6. The molecule has 148 valence electrons. The van der Waals surface area contributed by atoms with E-state index in [1.54, 1.807) is 0 Å². The largest absolute Gasteiger partial charge is 0.573 e. The van der Waals surface area contributed by atoms with Crippen LogP contribution in [0.1, 0.15) is 0 Å². The van der Waals surface area contributed by atoms with Crippen molar-refractivity contribution in [2.75, 3.05) is 32.1 Å². The van der Waals surface area contributed by atoms with Crippen molar-refractivity contribution < 1.29 is 37.3 Å². The first kappa shape index (κ1) is 21.8. The average molecular weight is 565 g/mol. The molecule has 1 heterocycles. The first-order valence-electron chi connectivity index (χ1n) is 7.30. The van der Waals surface area contributed by atoms with Gasteiger partial charge >= 0.3 is 12.3 Å². The van der Waals surface area contributed by atoms with Gasteiger partial charge in [0, 0.05) is 17.1 Å². The number of aliphatic hydroxyl groups is 1. The summed E-state index contributed by atoms with van der Waals surface area (Å²) in [6.07, 6.45) is -4.89. The number of halogens is 5. The molecule has 1 aliphatic heterocycles. The Balaban J connectivity index is 2.43. The Hall–Kier alpha value is -1.54. The van der Waals surface area contributed by atoms with Crippen molar-refractivity contribution >= 4 is 56.1 Å². The fourth-order valence-electron chi connectivity index (χ4n) is 2.33.